The highest BCUT2D eigenvalue weighted by atomic mass is 35.5. The highest BCUT2D eigenvalue weighted by molar-refractivity contribution is 6.30. The lowest BCUT2D eigenvalue weighted by molar-refractivity contribution is -0.126. The number of benzene rings is 2. The molecule has 1 aliphatic rings. The van der Waals surface area contributed by atoms with Crippen LogP contribution in [0.25, 0.3) is 0 Å². The fourth-order valence-corrected chi connectivity index (χ4v) is 4.37. The van der Waals surface area contributed by atoms with Gasteiger partial charge in [-0.3, -0.25) is 9.59 Å². The topological polar surface area (TPSA) is 79.5 Å². The number of anilines is 1. The summed E-state index contributed by atoms with van der Waals surface area (Å²) in [7, 11) is 1.64. The molecule has 1 fully saturated rings. The molecule has 0 heterocycles. The lowest BCUT2D eigenvalue weighted by Crippen LogP contribution is -2.44. The van der Waals surface area contributed by atoms with Crippen LogP contribution in [0.1, 0.15) is 42.5 Å². The SMILES string of the molecule is COc1ccc(NCCNC(=O)C(CNC(=O)c2cccc(Cl)c2)C2CCCCC2)cc1. The van der Waals surface area contributed by atoms with Crippen molar-refractivity contribution in [2.24, 2.45) is 11.8 Å². The van der Waals surface area contributed by atoms with E-state index in [2.05, 4.69) is 16.0 Å². The average molecular weight is 458 g/mol. The number of methoxy groups -OCH3 is 1. The Hall–Kier alpha value is -2.73. The van der Waals surface area contributed by atoms with Gasteiger partial charge in [0.1, 0.15) is 5.75 Å². The van der Waals surface area contributed by atoms with Crippen molar-refractivity contribution in [3.05, 3.63) is 59.1 Å². The number of nitrogens with one attached hydrogen (secondary N) is 3. The van der Waals surface area contributed by atoms with Crippen molar-refractivity contribution >= 4 is 29.1 Å². The molecule has 1 unspecified atom stereocenters. The van der Waals surface area contributed by atoms with Gasteiger partial charge >= 0.3 is 0 Å². The normalized spacial score (nSPS) is 14.9. The Bertz CT molecular complexity index is 882. The molecule has 7 heteroatoms. The van der Waals surface area contributed by atoms with Crippen LogP contribution in [-0.4, -0.2) is 38.6 Å². The zero-order valence-electron chi connectivity index (χ0n) is 18.5. The molecule has 3 rings (SSSR count). The maximum Gasteiger partial charge on any atom is 0.251 e. The minimum Gasteiger partial charge on any atom is -0.497 e. The van der Waals surface area contributed by atoms with E-state index < -0.39 is 0 Å². The van der Waals surface area contributed by atoms with Crippen molar-refractivity contribution in [1.82, 2.24) is 10.6 Å². The quantitative estimate of drug-likeness (QED) is 0.459. The number of carbonyl (C=O) groups excluding carboxylic acids is 2. The highest BCUT2D eigenvalue weighted by Gasteiger charge is 2.29. The van der Waals surface area contributed by atoms with E-state index in [1.165, 1.54) is 6.42 Å². The monoisotopic (exact) mass is 457 g/mol. The van der Waals surface area contributed by atoms with E-state index in [9.17, 15) is 9.59 Å². The van der Waals surface area contributed by atoms with Crippen LogP contribution in [0.2, 0.25) is 5.02 Å². The standard InChI is InChI=1S/C25H32ClN3O3/c1-32-22-12-10-21(11-13-22)27-14-15-28-25(31)23(18-6-3-2-4-7-18)17-29-24(30)19-8-5-9-20(26)16-19/h5,8-13,16,18,23,27H,2-4,6-7,14-15,17H2,1H3,(H,28,31)(H,29,30). The first-order valence-electron chi connectivity index (χ1n) is 11.3. The van der Waals surface area contributed by atoms with Crippen molar-refractivity contribution in [3.8, 4) is 5.75 Å². The second kappa shape index (κ2) is 12.3. The third-order valence-corrected chi connectivity index (χ3v) is 6.20. The van der Waals surface area contributed by atoms with Crippen molar-refractivity contribution in [2.75, 3.05) is 32.1 Å². The molecule has 6 nitrogen and oxygen atoms in total. The van der Waals surface area contributed by atoms with E-state index in [1.54, 1.807) is 31.4 Å². The summed E-state index contributed by atoms with van der Waals surface area (Å²) in [6.45, 7) is 1.45. The Morgan fingerprint density at radius 2 is 1.78 bits per heavy atom. The van der Waals surface area contributed by atoms with Crippen LogP contribution < -0.4 is 20.7 Å². The van der Waals surface area contributed by atoms with Gasteiger partial charge < -0.3 is 20.7 Å². The van der Waals surface area contributed by atoms with Gasteiger partial charge in [-0.25, -0.2) is 0 Å². The number of hydrogen-bond acceptors (Lipinski definition) is 4. The first kappa shape index (κ1) is 23.9. The second-order valence-electron chi connectivity index (χ2n) is 8.17. The Morgan fingerprint density at radius 3 is 2.47 bits per heavy atom. The third-order valence-electron chi connectivity index (χ3n) is 5.97. The highest BCUT2D eigenvalue weighted by Crippen LogP contribution is 2.30. The van der Waals surface area contributed by atoms with E-state index in [4.69, 9.17) is 16.3 Å². The molecule has 0 aliphatic heterocycles. The van der Waals surface area contributed by atoms with Gasteiger partial charge in [0, 0.05) is 35.9 Å². The van der Waals surface area contributed by atoms with Crippen molar-refractivity contribution in [1.29, 1.82) is 0 Å². The molecule has 32 heavy (non-hydrogen) atoms. The first-order valence-corrected chi connectivity index (χ1v) is 11.6. The average Bonchev–Trinajstić information content (AvgIpc) is 2.83. The molecule has 1 atom stereocenters. The van der Waals surface area contributed by atoms with Crippen LogP contribution in [0.4, 0.5) is 5.69 Å². The molecule has 3 N–H and O–H groups in total. The van der Waals surface area contributed by atoms with Gasteiger partial charge in [-0.05, 0) is 61.2 Å². The maximum absolute atomic E-state index is 13.0. The predicted molar refractivity (Wildman–Crippen MR) is 128 cm³/mol. The molecule has 2 aromatic carbocycles. The van der Waals surface area contributed by atoms with E-state index in [-0.39, 0.29) is 23.7 Å². The summed E-state index contributed by atoms with van der Waals surface area (Å²) in [6, 6.07) is 14.5. The number of halogens is 1. The fourth-order valence-electron chi connectivity index (χ4n) is 4.18. The van der Waals surface area contributed by atoms with Gasteiger partial charge in [0.05, 0.1) is 13.0 Å². The van der Waals surface area contributed by atoms with Gasteiger partial charge in [-0.15, -0.1) is 0 Å². The number of rotatable bonds is 10. The zero-order valence-corrected chi connectivity index (χ0v) is 19.3. The van der Waals surface area contributed by atoms with Crippen LogP contribution in [0.15, 0.2) is 48.5 Å². The van der Waals surface area contributed by atoms with Crippen LogP contribution in [0, 0.1) is 11.8 Å². The number of amides is 2. The molecular formula is C25H32ClN3O3. The Morgan fingerprint density at radius 1 is 1.03 bits per heavy atom. The summed E-state index contributed by atoms with van der Waals surface area (Å²) < 4.78 is 5.16. The van der Waals surface area contributed by atoms with Crippen LogP contribution in [0.3, 0.4) is 0 Å². The smallest absolute Gasteiger partial charge is 0.251 e. The molecule has 1 saturated carbocycles. The summed E-state index contributed by atoms with van der Waals surface area (Å²) in [5, 5.41) is 9.80. The molecule has 2 amide bonds. The maximum atomic E-state index is 13.0. The molecule has 0 spiro atoms. The van der Waals surface area contributed by atoms with Gasteiger partial charge in [0.2, 0.25) is 5.91 Å². The number of hydrogen-bond donors (Lipinski definition) is 3. The molecule has 0 radical (unpaired) electrons. The van der Waals surface area contributed by atoms with Gasteiger partial charge in [-0.1, -0.05) is 36.9 Å². The minimum absolute atomic E-state index is 0.000162. The predicted octanol–water partition coefficient (Wildman–Crippen LogP) is 4.50. The lowest BCUT2D eigenvalue weighted by Gasteiger charge is -2.29. The van der Waals surface area contributed by atoms with E-state index in [0.29, 0.717) is 30.2 Å². The van der Waals surface area contributed by atoms with Crippen LogP contribution in [0.5, 0.6) is 5.75 Å². The van der Waals surface area contributed by atoms with E-state index in [1.807, 2.05) is 24.3 Å². The van der Waals surface area contributed by atoms with E-state index >= 15 is 0 Å². The van der Waals surface area contributed by atoms with Gasteiger partial charge in [0.15, 0.2) is 0 Å². The lowest BCUT2D eigenvalue weighted by atomic mass is 9.79. The zero-order chi connectivity index (χ0) is 22.8. The van der Waals surface area contributed by atoms with Crippen molar-refractivity contribution in [2.45, 2.75) is 32.1 Å². The largest absolute Gasteiger partial charge is 0.497 e. The van der Waals surface area contributed by atoms with Crippen LogP contribution in [-0.2, 0) is 4.79 Å². The molecule has 0 aromatic heterocycles. The van der Waals surface area contributed by atoms with Crippen molar-refractivity contribution in [3.63, 3.8) is 0 Å². The number of carbonyl (C=O) groups is 2. The minimum atomic E-state index is -0.237. The van der Waals surface area contributed by atoms with Crippen molar-refractivity contribution < 1.29 is 14.3 Å². The van der Waals surface area contributed by atoms with Gasteiger partial charge in [-0.2, -0.15) is 0 Å². The Kier molecular flexibility index (Phi) is 9.23. The summed E-state index contributed by atoms with van der Waals surface area (Å²) in [5.74, 6) is 0.651. The Labute approximate surface area is 195 Å². The third kappa shape index (κ3) is 7.16. The van der Waals surface area contributed by atoms with E-state index in [0.717, 1.165) is 37.1 Å². The molecular weight excluding hydrogens is 426 g/mol. The summed E-state index contributed by atoms with van der Waals surface area (Å²) in [4.78, 5) is 25.6. The summed E-state index contributed by atoms with van der Waals surface area (Å²) in [6.07, 6.45) is 5.53. The summed E-state index contributed by atoms with van der Waals surface area (Å²) in [5.41, 5.74) is 1.47. The van der Waals surface area contributed by atoms with Crippen LogP contribution >= 0.6 is 11.6 Å². The second-order valence-corrected chi connectivity index (χ2v) is 8.61. The number of ether oxygens (including phenoxy) is 1. The fraction of sp³-hybridized carbons (Fsp3) is 0.440. The molecule has 1 aliphatic carbocycles. The molecule has 0 bridgehead atoms. The first-order chi connectivity index (χ1) is 15.6. The van der Waals surface area contributed by atoms with Gasteiger partial charge in [0.25, 0.3) is 5.91 Å². The Balaban J connectivity index is 1.51. The molecule has 172 valence electrons. The summed E-state index contributed by atoms with van der Waals surface area (Å²) >= 11 is 6.00. The molecule has 0 saturated heterocycles. The molecule has 2 aromatic rings.